The molecule has 6 atom stereocenters. The molecule has 1 amide bonds. The molecule has 3 rings (SSSR count). The molecule has 0 aromatic carbocycles. The molecule has 0 bridgehead atoms. The lowest BCUT2D eigenvalue weighted by molar-refractivity contribution is -0.258. The molecule has 4 N–H and O–H groups in total. The molecule has 2 aliphatic heterocycles. The fourth-order valence-electron chi connectivity index (χ4n) is 3.33. The second-order valence-electron chi connectivity index (χ2n) is 6.78. The highest BCUT2D eigenvalue weighted by molar-refractivity contribution is 5.76. The average molecular weight is 381 g/mol. The normalized spacial score (nSPS) is 35.9. The molecule has 0 aromatic rings. The maximum absolute atomic E-state index is 11.6. The van der Waals surface area contributed by atoms with Crippen molar-refractivity contribution in [1.29, 1.82) is 0 Å². The fourth-order valence-corrected chi connectivity index (χ4v) is 3.33. The van der Waals surface area contributed by atoms with Gasteiger partial charge in [-0.3, -0.25) is 9.59 Å². The summed E-state index contributed by atoms with van der Waals surface area (Å²) in [5.74, 6) is -0.468. The summed E-state index contributed by atoms with van der Waals surface area (Å²) in [6, 6.07) is -1.05. The van der Waals surface area contributed by atoms with Crippen molar-refractivity contribution in [1.82, 2.24) is 5.32 Å². The zero-order chi connectivity index (χ0) is 19.7. The molecule has 2 heterocycles. The Morgan fingerprint density at radius 2 is 2.07 bits per heavy atom. The quantitative estimate of drug-likeness (QED) is 0.457. The summed E-state index contributed by atoms with van der Waals surface area (Å²) in [4.78, 5) is 23.1. The summed E-state index contributed by atoms with van der Waals surface area (Å²) in [5, 5.41) is 32.2. The van der Waals surface area contributed by atoms with E-state index in [2.05, 4.69) is 5.32 Å². The number of hydrogen-bond donors (Lipinski definition) is 4. The first kappa shape index (κ1) is 19.6. The highest BCUT2D eigenvalue weighted by Gasteiger charge is 2.46. The molecule has 1 unspecified atom stereocenters. The molecular formula is C18H23NO8. The van der Waals surface area contributed by atoms with Crippen LogP contribution in [-0.2, 0) is 23.8 Å². The van der Waals surface area contributed by atoms with Gasteiger partial charge in [-0.15, -0.1) is 0 Å². The standard InChI is InChI=1S/C18H23NO8/c1-8-5-14(22)26-12-6-10(3-4-11(8)12)25-18-15(19-9(2)21)17(24)16(23)13(7-20)27-18/h3-4,6,12-13,15-18,20,23-24H,5,7H2,1-2H3,(H,19,21)/t12?,13-,15-,16-,17-,18-/m0/s1. The lowest BCUT2D eigenvalue weighted by atomic mass is 9.94. The Morgan fingerprint density at radius 3 is 2.74 bits per heavy atom. The van der Waals surface area contributed by atoms with Gasteiger partial charge in [0.15, 0.2) is 0 Å². The van der Waals surface area contributed by atoms with E-state index in [-0.39, 0.29) is 12.4 Å². The number of aliphatic hydroxyl groups is 3. The highest BCUT2D eigenvalue weighted by Crippen LogP contribution is 2.31. The first-order valence-corrected chi connectivity index (χ1v) is 8.65. The van der Waals surface area contributed by atoms with E-state index in [0.29, 0.717) is 5.76 Å². The van der Waals surface area contributed by atoms with E-state index in [4.69, 9.17) is 14.2 Å². The van der Waals surface area contributed by atoms with Crippen LogP contribution in [0.2, 0.25) is 0 Å². The Kier molecular flexibility index (Phi) is 5.66. The van der Waals surface area contributed by atoms with Crippen molar-refractivity contribution < 1.29 is 39.1 Å². The van der Waals surface area contributed by atoms with E-state index >= 15 is 0 Å². The van der Waals surface area contributed by atoms with E-state index in [1.807, 2.05) is 6.92 Å². The molecule has 0 spiro atoms. The summed E-state index contributed by atoms with van der Waals surface area (Å²) in [6.45, 7) is 2.58. The Hall–Kier alpha value is -2.20. The second-order valence-corrected chi connectivity index (χ2v) is 6.78. The first-order valence-electron chi connectivity index (χ1n) is 8.65. The Balaban J connectivity index is 1.80. The van der Waals surface area contributed by atoms with Gasteiger partial charge in [-0.2, -0.15) is 0 Å². The van der Waals surface area contributed by atoms with Gasteiger partial charge in [-0.25, -0.2) is 0 Å². The number of aliphatic hydroxyl groups excluding tert-OH is 3. The number of ether oxygens (including phenoxy) is 3. The number of nitrogens with one attached hydrogen (secondary N) is 1. The third-order valence-electron chi connectivity index (χ3n) is 4.71. The average Bonchev–Trinajstić information content (AvgIpc) is 2.60. The molecule has 0 radical (unpaired) electrons. The van der Waals surface area contributed by atoms with Crippen LogP contribution in [-0.4, -0.2) is 70.6 Å². The number of hydrogen-bond acceptors (Lipinski definition) is 8. The van der Waals surface area contributed by atoms with Crippen LogP contribution in [0, 0.1) is 0 Å². The molecule has 0 aromatic heterocycles. The van der Waals surface area contributed by atoms with Crippen molar-refractivity contribution in [3.05, 3.63) is 35.1 Å². The van der Waals surface area contributed by atoms with Crippen LogP contribution >= 0.6 is 0 Å². The Morgan fingerprint density at radius 1 is 1.33 bits per heavy atom. The molecule has 27 heavy (non-hydrogen) atoms. The minimum Gasteiger partial charge on any atom is -0.463 e. The van der Waals surface area contributed by atoms with Crippen molar-refractivity contribution in [2.24, 2.45) is 0 Å². The van der Waals surface area contributed by atoms with Crippen molar-refractivity contribution in [2.75, 3.05) is 6.61 Å². The third-order valence-corrected chi connectivity index (χ3v) is 4.71. The topological polar surface area (TPSA) is 135 Å². The van der Waals surface area contributed by atoms with Gasteiger partial charge in [0.25, 0.3) is 0 Å². The predicted octanol–water partition coefficient (Wildman–Crippen LogP) is -0.968. The molecule has 1 aliphatic carbocycles. The number of carbonyl (C=O) groups is 2. The summed E-state index contributed by atoms with van der Waals surface area (Å²) in [6.07, 6.45) is -0.352. The highest BCUT2D eigenvalue weighted by atomic mass is 16.7. The maximum Gasteiger partial charge on any atom is 0.310 e. The lowest BCUT2D eigenvalue weighted by Gasteiger charge is -2.42. The molecule has 1 fully saturated rings. The van der Waals surface area contributed by atoms with E-state index in [0.717, 1.165) is 11.1 Å². The largest absolute Gasteiger partial charge is 0.463 e. The van der Waals surface area contributed by atoms with Gasteiger partial charge in [0.2, 0.25) is 12.2 Å². The van der Waals surface area contributed by atoms with Crippen molar-refractivity contribution >= 4 is 11.9 Å². The molecule has 0 saturated carbocycles. The minimum atomic E-state index is -1.40. The van der Waals surface area contributed by atoms with E-state index in [1.54, 1.807) is 18.2 Å². The lowest BCUT2D eigenvalue weighted by Crippen LogP contribution is -2.64. The third kappa shape index (κ3) is 4.06. The van der Waals surface area contributed by atoms with Gasteiger partial charge in [-0.05, 0) is 18.6 Å². The summed E-state index contributed by atoms with van der Waals surface area (Å²) in [5.41, 5.74) is 1.78. The number of fused-ring (bicyclic) bond motifs is 1. The summed E-state index contributed by atoms with van der Waals surface area (Å²) in [7, 11) is 0. The molecule has 9 nitrogen and oxygen atoms in total. The van der Waals surface area contributed by atoms with Crippen LogP contribution in [0.4, 0.5) is 0 Å². The van der Waals surface area contributed by atoms with Crippen molar-refractivity contribution in [3.63, 3.8) is 0 Å². The van der Waals surface area contributed by atoms with E-state index in [1.165, 1.54) is 6.92 Å². The van der Waals surface area contributed by atoms with Crippen LogP contribution in [0.3, 0.4) is 0 Å². The monoisotopic (exact) mass is 381 g/mol. The molecular weight excluding hydrogens is 358 g/mol. The second kappa shape index (κ2) is 7.81. The van der Waals surface area contributed by atoms with Crippen LogP contribution in [0.5, 0.6) is 0 Å². The Bertz CT molecular complexity index is 712. The zero-order valence-corrected chi connectivity index (χ0v) is 15.0. The molecule has 9 heteroatoms. The number of amides is 1. The summed E-state index contributed by atoms with van der Waals surface area (Å²) < 4.78 is 16.6. The van der Waals surface area contributed by atoms with Crippen molar-refractivity contribution in [3.8, 4) is 0 Å². The van der Waals surface area contributed by atoms with Gasteiger partial charge in [0.1, 0.15) is 36.2 Å². The smallest absolute Gasteiger partial charge is 0.310 e. The zero-order valence-electron chi connectivity index (χ0n) is 15.0. The van der Waals surface area contributed by atoms with E-state index in [9.17, 15) is 24.9 Å². The van der Waals surface area contributed by atoms with Crippen molar-refractivity contribution in [2.45, 2.75) is 57.0 Å². The minimum absolute atomic E-state index is 0.235. The number of esters is 1. The van der Waals surface area contributed by atoms with Crippen LogP contribution in [0.25, 0.3) is 0 Å². The Labute approximate surface area is 155 Å². The predicted molar refractivity (Wildman–Crippen MR) is 90.9 cm³/mol. The van der Waals surface area contributed by atoms with Gasteiger partial charge < -0.3 is 34.8 Å². The van der Waals surface area contributed by atoms with Gasteiger partial charge in [-0.1, -0.05) is 11.6 Å². The van der Waals surface area contributed by atoms with E-state index < -0.39 is 49.3 Å². The molecule has 3 aliphatic rings. The van der Waals surface area contributed by atoms with Gasteiger partial charge in [0, 0.05) is 13.0 Å². The SMILES string of the molecule is CC(=O)N[C@@H]1[C@@H](OC2=CC3OC(=O)CC(C)=C3C=C2)O[C@@H](CO)[C@H](O)[C@H]1O. The number of rotatable bonds is 4. The molecule has 148 valence electrons. The molecule has 1 saturated heterocycles. The van der Waals surface area contributed by atoms with Crippen LogP contribution < -0.4 is 5.32 Å². The first-order chi connectivity index (χ1) is 12.8. The summed E-state index contributed by atoms with van der Waals surface area (Å²) >= 11 is 0. The van der Waals surface area contributed by atoms with Crippen LogP contribution in [0.1, 0.15) is 20.3 Å². The number of carbonyl (C=O) groups excluding carboxylic acids is 2. The van der Waals surface area contributed by atoms with Crippen LogP contribution in [0.15, 0.2) is 35.1 Å². The maximum atomic E-state index is 11.6. The number of allylic oxidation sites excluding steroid dienone is 1. The van der Waals surface area contributed by atoms with Gasteiger partial charge in [0.05, 0.1) is 13.0 Å². The van der Waals surface area contributed by atoms with Gasteiger partial charge >= 0.3 is 5.97 Å². The fraction of sp³-hybridized carbons (Fsp3) is 0.556.